The Kier molecular flexibility index (Phi) is 3.62. The first-order valence-electron chi connectivity index (χ1n) is 8.89. The zero-order valence-corrected chi connectivity index (χ0v) is 14.3. The smallest absolute Gasteiger partial charge is 0.254 e. The van der Waals surface area contributed by atoms with Crippen LogP contribution in [0.3, 0.4) is 0 Å². The summed E-state index contributed by atoms with van der Waals surface area (Å²) >= 11 is 0. The van der Waals surface area contributed by atoms with E-state index in [4.69, 9.17) is 0 Å². The predicted molar refractivity (Wildman–Crippen MR) is 99.0 cm³/mol. The van der Waals surface area contributed by atoms with Crippen LogP contribution < -0.4 is 4.90 Å². The zero-order chi connectivity index (χ0) is 17.3. The third kappa shape index (κ3) is 2.61. The van der Waals surface area contributed by atoms with Gasteiger partial charge in [0.15, 0.2) is 0 Å². The minimum absolute atomic E-state index is 0.394. The SMILES string of the molecule is c1ccc(-c2cc(N3CCC[C@H](c4ncc[nH]4)C3)n3ncnc3n2)cc1. The molecule has 4 heterocycles. The summed E-state index contributed by atoms with van der Waals surface area (Å²) in [5, 5.41) is 4.39. The third-order valence-electron chi connectivity index (χ3n) is 4.95. The first-order valence-corrected chi connectivity index (χ1v) is 8.89. The molecule has 1 fully saturated rings. The molecule has 1 aromatic carbocycles. The number of anilines is 1. The molecule has 0 unspecified atom stereocenters. The fraction of sp³-hybridized carbons (Fsp3) is 0.263. The lowest BCUT2D eigenvalue weighted by Crippen LogP contribution is -2.36. The van der Waals surface area contributed by atoms with Crippen molar-refractivity contribution >= 4 is 11.6 Å². The second-order valence-electron chi connectivity index (χ2n) is 6.60. The molecule has 7 nitrogen and oxygen atoms in total. The summed E-state index contributed by atoms with van der Waals surface area (Å²) in [5.74, 6) is 3.11. The van der Waals surface area contributed by atoms with Gasteiger partial charge in [-0.2, -0.15) is 14.6 Å². The number of fused-ring (bicyclic) bond motifs is 1. The topological polar surface area (TPSA) is 75.0 Å². The van der Waals surface area contributed by atoms with E-state index in [0.717, 1.165) is 48.8 Å². The van der Waals surface area contributed by atoms with Gasteiger partial charge in [0.25, 0.3) is 5.78 Å². The standard InChI is InChI=1S/C19H19N7/c1-2-5-14(6-3-1)16-11-17(26-19(24-16)22-13-23-26)25-10-4-7-15(12-25)18-20-8-9-21-18/h1-3,5-6,8-9,11,13,15H,4,7,10,12H2,(H,20,21)/t15-/m0/s1. The molecule has 1 atom stereocenters. The highest BCUT2D eigenvalue weighted by atomic mass is 15.4. The average molecular weight is 345 g/mol. The van der Waals surface area contributed by atoms with Gasteiger partial charge in [0.05, 0.1) is 5.69 Å². The molecule has 26 heavy (non-hydrogen) atoms. The number of rotatable bonds is 3. The van der Waals surface area contributed by atoms with E-state index in [0.29, 0.717) is 11.7 Å². The summed E-state index contributed by atoms with van der Waals surface area (Å²) in [7, 11) is 0. The van der Waals surface area contributed by atoms with Crippen LogP contribution in [0.15, 0.2) is 55.1 Å². The number of hydrogen-bond acceptors (Lipinski definition) is 5. The van der Waals surface area contributed by atoms with Crippen LogP contribution in [-0.2, 0) is 0 Å². The minimum atomic E-state index is 0.394. The van der Waals surface area contributed by atoms with Crippen molar-refractivity contribution in [2.75, 3.05) is 18.0 Å². The van der Waals surface area contributed by atoms with Gasteiger partial charge in [-0.15, -0.1) is 0 Å². The van der Waals surface area contributed by atoms with Crippen molar-refractivity contribution in [1.29, 1.82) is 0 Å². The molecule has 1 saturated heterocycles. The van der Waals surface area contributed by atoms with Crippen LogP contribution in [0.4, 0.5) is 5.82 Å². The van der Waals surface area contributed by atoms with E-state index in [1.54, 1.807) is 6.33 Å². The Morgan fingerprint density at radius 3 is 2.88 bits per heavy atom. The fourth-order valence-electron chi connectivity index (χ4n) is 3.69. The normalized spacial score (nSPS) is 17.7. The van der Waals surface area contributed by atoms with Gasteiger partial charge in [-0.3, -0.25) is 0 Å². The van der Waals surface area contributed by atoms with E-state index in [9.17, 15) is 0 Å². The van der Waals surface area contributed by atoms with Crippen molar-refractivity contribution in [1.82, 2.24) is 29.5 Å². The quantitative estimate of drug-likeness (QED) is 0.618. The number of nitrogens with one attached hydrogen (secondary N) is 1. The number of piperidine rings is 1. The van der Waals surface area contributed by atoms with Gasteiger partial charge < -0.3 is 9.88 Å². The Bertz CT molecular complexity index is 1010. The van der Waals surface area contributed by atoms with Crippen LogP contribution in [-0.4, -0.2) is 42.6 Å². The number of aromatic nitrogens is 6. The summed E-state index contributed by atoms with van der Waals surface area (Å²) in [6, 6.07) is 12.3. The third-order valence-corrected chi connectivity index (χ3v) is 4.95. The summed E-state index contributed by atoms with van der Waals surface area (Å²) in [5.41, 5.74) is 2.00. The second-order valence-corrected chi connectivity index (χ2v) is 6.60. The number of H-pyrrole nitrogens is 1. The molecule has 0 bridgehead atoms. The van der Waals surface area contributed by atoms with Gasteiger partial charge in [-0.1, -0.05) is 30.3 Å². The minimum Gasteiger partial charge on any atom is -0.356 e. The highest BCUT2D eigenvalue weighted by Crippen LogP contribution is 2.30. The van der Waals surface area contributed by atoms with Crippen molar-refractivity contribution in [3.63, 3.8) is 0 Å². The monoisotopic (exact) mass is 345 g/mol. The largest absolute Gasteiger partial charge is 0.356 e. The molecule has 0 spiro atoms. The number of nitrogens with zero attached hydrogens (tertiary/aromatic N) is 6. The number of hydrogen-bond donors (Lipinski definition) is 1. The molecule has 1 aliphatic rings. The van der Waals surface area contributed by atoms with E-state index in [-0.39, 0.29) is 0 Å². The van der Waals surface area contributed by atoms with Crippen LogP contribution in [0, 0.1) is 0 Å². The van der Waals surface area contributed by atoms with E-state index in [1.807, 2.05) is 35.1 Å². The maximum atomic E-state index is 4.67. The highest BCUT2D eigenvalue weighted by Gasteiger charge is 2.25. The Morgan fingerprint density at radius 2 is 2.04 bits per heavy atom. The maximum absolute atomic E-state index is 4.67. The molecule has 0 radical (unpaired) electrons. The number of imidazole rings is 1. The lowest BCUT2D eigenvalue weighted by molar-refractivity contribution is 0.489. The van der Waals surface area contributed by atoms with Crippen molar-refractivity contribution in [3.8, 4) is 11.3 Å². The molecule has 0 aliphatic carbocycles. The first-order chi connectivity index (χ1) is 12.9. The van der Waals surface area contributed by atoms with Gasteiger partial charge >= 0.3 is 0 Å². The highest BCUT2D eigenvalue weighted by molar-refractivity contribution is 5.65. The van der Waals surface area contributed by atoms with Crippen LogP contribution in [0.2, 0.25) is 0 Å². The van der Waals surface area contributed by atoms with Crippen molar-refractivity contribution in [2.24, 2.45) is 0 Å². The lowest BCUT2D eigenvalue weighted by atomic mass is 9.97. The van der Waals surface area contributed by atoms with Crippen LogP contribution in [0.5, 0.6) is 0 Å². The van der Waals surface area contributed by atoms with Crippen LogP contribution >= 0.6 is 0 Å². The van der Waals surface area contributed by atoms with Gasteiger partial charge in [0, 0.05) is 43.0 Å². The predicted octanol–water partition coefficient (Wildman–Crippen LogP) is 2.90. The van der Waals surface area contributed by atoms with E-state index < -0.39 is 0 Å². The summed E-state index contributed by atoms with van der Waals surface area (Å²) in [4.78, 5) is 19.1. The first kappa shape index (κ1) is 15.1. The maximum Gasteiger partial charge on any atom is 0.254 e. The van der Waals surface area contributed by atoms with E-state index >= 15 is 0 Å². The zero-order valence-electron chi connectivity index (χ0n) is 14.3. The van der Waals surface area contributed by atoms with Crippen molar-refractivity contribution in [3.05, 3.63) is 60.9 Å². The molecule has 1 N–H and O–H groups in total. The Labute approximate surface area is 150 Å². The van der Waals surface area contributed by atoms with E-state index in [2.05, 4.69) is 48.1 Å². The second kappa shape index (κ2) is 6.25. The average Bonchev–Trinajstić information content (AvgIpc) is 3.40. The Morgan fingerprint density at radius 1 is 1.12 bits per heavy atom. The molecular formula is C19H19N7. The molecular weight excluding hydrogens is 326 g/mol. The van der Waals surface area contributed by atoms with E-state index in [1.165, 1.54) is 0 Å². The van der Waals surface area contributed by atoms with Crippen LogP contribution in [0.25, 0.3) is 17.0 Å². The molecule has 3 aromatic heterocycles. The van der Waals surface area contributed by atoms with Crippen molar-refractivity contribution < 1.29 is 0 Å². The molecule has 0 amide bonds. The lowest BCUT2D eigenvalue weighted by Gasteiger charge is -2.33. The fourth-order valence-corrected chi connectivity index (χ4v) is 3.69. The Hall–Kier alpha value is -3.22. The summed E-state index contributed by atoms with van der Waals surface area (Å²) in [6.07, 6.45) is 7.54. The van der Waals surface area contributed by atoms with Gasteiger partial charge in [0.1, 0.15) is 18.0 Å². The molecule has 1 aliphatic heterocycles. The molecule has 0 saturated carbocycles. The van der Waals surface area contributed by atoms with Crippen LogP contribution in [0.1, 0.15) is 24.6 Å². The Balaban J connectivity index is 1.56. The molecule has 4 aromatic rings. The van der Waals surface area contributed by atoms with Gasteiger partial charge in [-0.05, 0) is 12.8 Å². The number of aromatic amines is 1. The molecule has 7 heteroatoms. The van der Waals surface area contributed by atoms with Crippen molar-refractivity contribution in [2.45, 2.75) is 18.8 Å². The molecule has 130 valence electrons. The van der Waals surface area contributed by atoms with Gasteiger partial charge in [-0.25, -0.2) is 9.97 Å². The summed E-state index contributed by atoms with van der Waals surface area (Å²) in [6.45, 7) is 1.89. The molecule has 5 rings (SSSR count). The summed E-state index contributed by atoms with van der Waals surface area (Å²) < 4.78 is 1.83. The van der Waals surface area contributed by atoms with Gasteiger partial charge in [0.2, 0.25) is 0 Å². The number of benzene rings is 1.